The molecule has 0 radical (unpaired) electrons. The van der Waals surface area contributed by atoms with Gasteiger partial charge in [-0.3, -0.25) is 4.79 Å². The quantitative estimate of drug-likeness (QED) is 0.568. The van der Waals surface area contributed by atoms with Crippen molar-refractivity contribution in [3.05, 3.63) is 48.6 Å². The number of nitrogens with zero attached hydrogens (tertiary/aromatic N) is 2. The highest BCUT2D eigenvalue weighted by Crippen LogP contribution is 2.13. The predicted octanol–water partition coefficient (Wildman–Crippen LogP) is 2.64. The van der Waals surface area contributed by atoms with Crippen molar-refractivity contribution < 1.29 is 4.79 Å². The second kappa shape index (κ2) is 7.85. The average Bonchev–Trinajstić information content (AvgIpc) is 2.43. The van der Waals surface area contributed by atoms with Crippen LogP contribution < -0.4 is 0 Å². The Morgan fingerprint density at radius 2 is 1.65 bits per heavy atom. The first-order valence-electron chi connectivity index (χ1n) is 7.14. The topological polar surface area (TPSA) is 23.6 Å². The third kappa shape index (κ3) is 4.49. The van der Waals surface area contributed by atoms with Gasteiger partial charge in [-0.2, -0.15) is 0 Å². The molecule has 0 aromatic rings. The van der Waals surface area contributed by atoms with Crippen LogP contribution in [-0.4, -0.2) is 48.9 Å². The smallest absolute Gasteiger partial charge is 0.253 e. The van der Waals surface area contributed by atoms with Gasteiger partial charge in [0.1, 0.15) is 0 Å². The summed E-state index contributed by atoms with van der Waals surface area (Å²) in [4.78, 5) is 16.5. The van der Waals surface area contributed by atoms with Crippen molar-refractivity contribution in [1.29, 1.82) is 0 Å². The van der Waals surface area contributed by atoms with Crippen LogP contribution in [0.15, 0.2) is 48.6 Å². The number of carbonyl (C=O) groups is 1. The molecule has 0 atom stereocenters. The predicted molar refractivity (Wildman–Crippen MR) is 85.5 cm³/mol. The minimum absolute atomic E-state index is 0.0662. The maximum absolute atomic E-state index is 12.4. The fourth-order valence-corrected chi connectivity index (χ4v) is 2.10. The lowest BCUT2D eigenvalue weighted by molar-refractivity contribution is -0.128. The molecule has 1 aliphatic rings. The summed E-state index contributed by atoms with van der Waals surface area (Å²) < 4.78 is 0. The molecule has 0 aliphatic carbocycles. The lowest BCUT2D eigenvalue weighted by atomic mass is 10.0. The Hall–Kier alpha value is -1.61. The molecule has 1 heterocycles. The molecule has 1 amide bonds. The van der Waals surface area contributed by atoms with Gasteiger partial charge in [0.2, 0.25) is 0 Å². The van der Waals surface area contributed by atoms with Gasteiger partial charge in [-0.25, -0.2) is 0 Å². The summed E-state index contributed by atoms with van der Waals surface area (Å²) in [6.07, 6.45) is 7.29. The first-order valence-corrected chi connectivity index (χ1v) is 7.14. The van der Waals surface area contributed by atoms with Crippen LogP contribution in [0.4, 0.5) is 0 Å². The number of piperazine rings is 1. The van der Waals surface area contributed by atoms with Crippen LogP contribution in [-0.2, 0) is 4.79 Å². The average molecular weight is 274 g/mol. The Balaban J connectivity index is 2.82. The first kappa shape index (κ1) is 16.4. The third-order valence-corrected chi connectivity index (χ3v) is 3.62. The van der Waals surface area contributed by atoms with Gasteiger partial charge in [-0.1, -0.05) is 45.2 Å². The van der Waals surface area contributed by atoms with Gasteiger partial charge in [0.05, 0.1) is 0 Å². The van der Waals surface area contributed by atoms with Crippen LogP contribution in [0.5, 0.6) is 0 Å². The molecular weight excluding hydrogens is 248 g/mol. The number of amides is 1. The summed E-state index contributed by atoms with van der Waals surface area (Å²) in [6, 6.07) is 0. The van der Waals surface area contributed by atoms with Gasteiger partial charge in [-0.05, 0) is 24.6 Å². The summed E-state index contributed by atoms with van der Waals surface area (Å²) >= 11 is 0. The Kier molecular flexibility index (Phi) is 6.46. The molecule has 0 aromatic heterocycles. The molecule has 0 N–H and O–H groups in total. The van der Waals surface area contributed by atoms with Crippen molar-refractivity contribution in [1.82, 2.24) is 9.80 Å². The molecular formula is C17H26N2O. The minimum Gasteiger partial charge on any atom is -0.336 e. The second-order valence-electron chi connectivity index (χ2n) is 5.45. The lowest BCUT2D eigenvalue weighted by Crippen LogP contribution is -2.47. The van der Waals surface area contributed by atoms with E-state index in [0.29, 0.717) is 11.5 Å². The zero-order chi connectivity index (χ0) is 15.1. The fourth-order valence-electron chi connectivity index (χ4n) is 2.10. The van der Waals surface area contributed by atoms with E-state index in [1.165, 1.54) is 0 Å². The van der Waals surface area contributed by atoms with E-state index in [-0.39, 0.29) is 5.91 Å². The summed E-state index contributed by atoms with van der Waals surface area (Å²) in [5.41, 5.74) is 1.77. The number of likely N-dealkylation sites (N-methyl/N-ethyl adjacent to an activating group) is 1. The van der Waals surface area contributed by atoms with Crippen molar-refractivity contribution in [2.45, 2.75) is 13.8 Å². The molecule has 0 unspecified atom stereocenters. The van der Waals surface area contributed by atoms with E-state index in [1.807, 2.05) is 23.1 Å². The molecule has 0 spiro atoms. The van der Waals surface area contributed by atoms with E-state index in [0.717, 1.165) is 31.8 Å². The molecule has 1 saturated heterocycles. The van der Waals surface area contributed by atoms with Crippen LogP contribution in [0, 0.1) is 5.92 Å². The Bertz CT molecular complexity index is 424. The SMILES string of the molecule is C=C/C(=C\C=C(/C=C)C(=O)N1CCN(C)CC1)C(C)C. The molecule has 1 rings (SSSR count). The van der Waals surface area contributed by atoms with Crippen molar-refractivity contribution in [3.63, 3.8) is 0 Å². The fraction of sp³-hybridized carbons (Fsp3) is 0.471. The molecule has 20 heavy (non-hydrogen) atoms. The van der Waals surface area contributed by atoms with E-state index in [9.17, 15) is 4.79 Å². The second-order valence-corrected chi connectivity index (χ2v) is 5.45. The lowest BCUT2D eigenvalue weighted by Gasteiger charge is -2.32. The summed E-state index contributed by atoms with van der Waals surface area (Å²) in [5.74, 6) is 0.463. The monoisotopic (exact) mass is 274 g/mol. The third-order valence-electron chi connectivity index (χ3n) is 3.62. The standard InChI is InChI=1S/C17H26N2O/c1-6-15(14(3)4)8-9-16(7-2)17(20)19-12-10-18(5)11-13-19/h6-9,14H,1-2,10-13H2,3-5H3/b15-8+,16-9+. The number of carbonyl (C=O) groups excluding carboxylic acids is 1. The van der Waals surface area contributed by atoms with E-state index in [1.54, 1.807) is 6.08 Å². The zero-order valence-electron chi connectivity index (χ0n) is 12.9. The van der Waals surface area contributed by atoms with E-state index in [2.05, 4.69) is 39.0 Å². The van der Waals surface area contributed by atoms with Gasteiger partial charge in [0.15, 0.2) is 0 Å². The van der Waals surface area contributed by atoms with Crippen LogP contribution in [0.1, 0.15) is 13.8 Å². The van der Waals surface area contributed by atoms with Crippen molar-refractivity contribution in [2.75, 3.05) is 33.2 Å². The van der Waals surface area contributed by atoms with Crippen LogP contribution >= 0.6 is 0 Å². The number of hydrogen-bond donors (Lipinski definition) is 0. The maximum atomic E-state index is 12.4. The zero-order valence-corrected chi connectivity index (χ0v) is 12.9. The molecule has 110 valence electrons. The van der Waals surface area contributed by atoms with Gasteiger partial charge in [0.25, 0.3) is 5.91 Å². The van der Waals surface area contributed by atoms with Crippen LogP contribution in [0.25, 0.3) is 0 Å². The maximum Gasteiger partial charge on any atom is 0.253 e. The largest absolute Gasteiger partial charge is 0.336 e. The minimum atomic E-state index is 0.0662. The molecule has 1 fully saturated rings. The number of rotatable bonds is 5. The molecule has 0 aromatic carbocycles. The van der Waals surface area contributed by atoms with E-state index >= 15 is 0 Å². The van der Waals surface area contributed by atoms with Crippen LogP contribution in [0.2, 0.25) is 0 Å². The summed E-state index contributed by atoms with van der Waals surface area (Å²) in [6.45, 7) is 15.2. The number of hydrogen-bond acceptors (Lipinski definition) is 2. The van der Waals surface area contributed by atoms with Gasteiger partial charge >= 0.3 is 0 Å². The van der Waals surface area contributed by atoms with Gasteiger partial charge in [-0.15, -0.1) is 0 Å². The Morgan fingerprint density at radius 1 is 1.05 bits per heavy atom. The molecule has 0 saturated carbocycles. The van der Waals surface area contributed by atoms with Crippen molar-refractivity contribution in [2.24, 2.45) is 5.92 Å². The van der Waals surface area contributed by atoms with Crippen LogP contribution in [0.3, 0.4) is 0 Å². The Labute approximate surface area is 122 Å². The summed E-state index contributed by atoms with van der Waals surface area (Å²) in [5, 5.41) is 0. The van der Waals surface area contributed by atoms with Gasteiger partial charge < -0.3 is 9.80 Å². The van der Waals surface area contributed by atoms with Crippen molar-refractivity contribution in [3.8, 4) is 0 Å². The highest BCUT2D eigenvalue weighted by atomic mass is 16.2. The molecule has 3 nitrogen and oxygen atoms in total. The Morgan fingerprint density at radius 3 is 2.10 bits per heavy atom. The number of allylic oxidation sites excluding steroid dienone is 4. The first-order chi connectivity index (χ1) is 9.49. The van der Waals surface area contributed by atoms with Gasteiger partial charge in [0, 0.05) is 31.8 Å². The summed E-state index contributed by atoms with van der Waals surface area (Å²) in [7, 11) is 2.08. The van der Waals surface area contributed by atoms with E-state index in [4.69, 9.17) is 0 Å². The molecule has 3 heteroatoms. The van der Waals surface area contributed by atoms with Crippen molar-refractivity contribution >= 4 is 5.91 Å². The van der Waals surface area contributed by atoms with E-state index < -0.39 is 0 Å². The highest BCUT2D eigenvalue weighted by molar-refractivity contribution is 5.96. The highest BCUT2D eigenvalue weighted by Gasteiger charge is 2.20. The molecule has 1 aliphatic heterocycles. The molecule has 0 bridgehead atoms. The normalized spacial score (nSPS) is 18.3.